The van der Waals surface area contributed by atoms with Crippen molar-refractivity contribution in [2.75, 3.05) is 0 Å². The summed E-state index contributed by atoms with van der Waals surface area (Å²) in [5.74, 6) is -0.0357. The lowest BCUT2D eigenvalue weighted by atomic mass is 10.1. The highest BCUT2D eigenvalue weighted by molar-refractivity contribution is 6.05. The number of phenols is 1. The van der Waals surface area contributed by atoms with E-state index >= 15 is 0 Å². The smallest absolute Gasteiger partial charge is 0.204 e. The van der Waals surface area contributed by atoms with Gasteiger partial charge in [-0.3, -0.25) is 9.78 Å². The molecule has 0 saturated heterocycles. The van der Waals surface area contributed by atoms with Crippen molar-refractivity contribution in [3.63, 3.8) is 0 Å². The highest BCUT2D eigenvalue weighted by atomic mass is 16.3. The monoisotopic (exact) mass is 225 g/mol. The maximum Gasteiger partial charge on any atom is 0.204 e. The first-order valence-corrected chi connectivity index (χ1v) is 5.19. The van der Waals surface area contributed by atoms with E-state index in [9.17, 15) is 9.90 Å². The number of phenolic OH excluding ortho intramolecular Hbond substituents is 1. The van der Waals surface area contributed by atoms with Crippen molar-refractivity contribution in [1.29, 1.82) is 0 Å². The molecule has 1 heterocycles. The normalized spacial score (nSPS) is 10.6. The van der Waals surface area contributed by atoms with Crippen LogP contribution in [0.5, 0.6) is 5.75 Å². The molecule has 0 bridgehead atoms. The molecule has 1 aromatic heterocycles. The minimum atomic E-state index is -0.186. The van der Waals surface area contributed by atoms with Crippen LogP contribution in [0.4, 0.5) is 0 Å². The van der Waals surface area contributed by atoms with Gasteiger partial charge in [0.15, 0.2) is 0 Å². The number of hydrogen-bond acceptors (Lipinski definition) is 3. The number of hydrogen-bond donors (Lipinski definition) is 1. The van der Waals surface area contributed by atoms with Gasteiger partial charge in [0.1, 0.15) is 11.4 Å². The first-order chi connectivity index (χ1) is 8.27. The molecule has 3 nitrogen and oxygen atoms in total. The van der Waals surface area contributed by atoms with E-state index in [2.05, 4.69) is 4.98 Å². The van der Waals surface area contributed by atoms with Crippen molar-refractivity contribution < 1.29 is 9.90 Å². The lowest BCUT2D eigenvalue weighted by Gasteiger charge is -1.97. The van der Waals surface area contributed by atoms with Gasteiger partial charge in [0.2, 0.25) is 5.78 Å². The van der Waals surface area contributed by atoms with Crippen LogP contribution in [0.3, 0.4) is 0 Å². The summed E-state index contributed by atoms with van der Waals surface area (Å²) in [5.41, 5.74) is 0.996. The molecule has 1 aromatic carbocycles. The molecule has 0 radical (unpaired) electrons. The zero-order valence-electron chi connectivity index (χ0n) is 9.08. The van der Waals surface area contributed by atoms with Gasteiger partial charge < -0.3 is 5.11 Å². The number of allylic oxidation sites excluding steroid dienone is 1. The van der Waals surface area contributed by atoms with Gasteiger partial charge in [-0.25, -0.2) is 0 Å². The second-order valence-electron chi connectivity index (χ2n) is 3.47. The van der Waals surface area contributed by atoms with Crippen molar-refractivity contribution in [2.45, 2.75) is 0 Å². The molecule has 2 rings (SSSR count). The van der Waals surface area contributed by atoms with Crippen LogP contribution in [0.25, 0.3) is 6.08 Å². The van der Waals surface area contributed by atoms with E-state index in [-0.39, 0.29) is 11.5 Å². The molecule has 0 spiro atoms. The minimum Gasteiger partial charge on any atom is -0.507 e. The molecule has 2 aromatic rings. The summed E-state index contributed by atoms with van der Waals surface area (Å²) < 4.78 is 0. The summed E-state index contributed by atoms with van der Waals surface area (Å²) in [6.45, 7) is 0. The van der Waals surface area contributed by atoms with Gasteiger partial charge >= 0.3 is 0 Å². The average Bonchev–Trinajstić information content (AvgIpc) is 2.38. The Balaban J connectivity index is 2.17. The molecular formula is C14H11NO2. The van der Waals surface area contributed by atoms with Crippen LogP contribution in [-0.2, 0) is 0 Å². The third kappa shape index (κ3) is 2.78. The largest absolute Gasteiger partial charge is 0.507 e. The van der Waals surface area contributed by atoms with Crippen molar-refractivity contribution in [3.8, 4) is 5.75 Å². The van der Waals surface area contributed by atoms with Crippen molar-refractivity contribution in [2.24, 2.45) is 0 Å². The zero-order chi connectivity index (χ0) is 12.1. The maximum absolute atomic E-state index is 11.7. The predicted molar refractivity (Wildman–Crippen MR) is 65.7 cm³/mol. The molecule has 0 fully saturated rings. The lowest BCUT2D eigenvalue weighted by Crippen LogP contribution is -1.96. The molecular weight excluding hydrogens is 214 g/mol. The fourth-order valence-electron chi connectivity index (χ4n) is 1.39. The van der Waals surface area contributed by atoms with E-state index in [0.29, 0.717) is 11.3 Å². The van der Waals surface area contributed by atoms with Crippen LogP contribution >= 0.6 is 0 Å². The van der Waals surface area contributed by atoms with Crippen molar-refractivity contribution >= 4 is 11.9 Å². The molecule has 84 valence electrons. The summed E-state index contributed by atoms with van der Waals surface area (Å²) in [6, 6.07) is 12.0. The third-order valence-corrected chi connectivity index (χ3v) is 2.27. The predicted octanol–water partition coefficient (Wildman–Crippen LogP) is 2.68. The highest BCUT2D eigenvalue weighted by Gasteiger charge is 2.02. The van der Waals surface area contributed by atoms with Crippen LogP contribution in [-0.4, -0.2) is 15.9 Å². The number of ketones is 1. The number of carbonyl (C=O) groups excluding carboxylic acids is 1. The number of benzene rings is 1. The number of para-hydroxylation sites is 1. The van der Waals surface area contributed by atoms with E-state index in [1.807, 2.05) is 0 Å². The summed E-state index contributed by atoms with van der Waals surface area (Å²) >= 11 is 0. The van der Waals surface area contributed by atoms with E-state index in [4.69, 9.17) is 0 Å². The number of carbonyl (C=O) groups is 1. The Hall–Kier alpha value is -2.42. The van der Waals surface area contributed by atoms with Crippen LogP contribution in [0.1, 0.15) is 16.1 Å². The zero-order valence-corrected chi connectivity index (χ0v) is 9.08. The fourth-order valence-corrected chi connectivity index (χ4v) is 1.39. The molecule has 0 atom stereocenters. The lowest BCUT2D eigenvalue weighted by molar-refractivity contribution is 0.104. The summed E-state index contributed by atoms with van der Waals surface area (Å²) in [6.07, 6.45) is 4.55. The molecule has 1 N–H and O–H groups in total. The summed E-state index contributed by atoms with van der Waals surface area (Å²) in [7, 11) is 0. The standard InChI is InChI=1S/C14H11NO2/c16-13-7-2-1-5-11(13)8-9-14(17)12-6-3-4-10-15-12/h1-10,16H/b9-8+. The van der Waals surface area contributed by atoms with Gasteiger partial charge in [0, 0.05) is 11.8 Å². The molecule has 17 heavy (non-hydrogen) atoms. The molecule has 0 saturated carbocycles. The Bertz CT molecular complexity index is 547. The fraction of sp³-hybridized carbons (Fsp3) is 0. The number of aromatic hydroxyl groups is 1. The van der Waals surface area contributed by atoms with Crippen LogP contribution in [0.15, 0.2) is 54.7 Å². The SMILES string of the molecule is O=C(/C=C/c1ccccc1O)c1ccccn1. The van der Waals surface area contributed by atoms with E-state index in [0.717, 1.165) is 0 Å². The molecule has 0 aliphatic heterocycles. The Morgan fingerprint density at radius 3 is 2.59 bits per heavy atom. The van der Waals surface area contributed by atoms with Crippen LogP contribution < -0.4 is 0 Å². The number of nitrogens with zero attached hydrogens (tertiary/aromatic N) is 1. The number of aromatic nitrogens is 1. The molecule has 0 amide bonds. The van der Waals surface area contributed by atoms with Crippen LogP contribution in [0.2, 0.25) is 0 Å². The summed E-state index contributed by atoms with van der Waals surface area (Å²) in [4.78, 5) is 15.6. The van der Waals surface area contributed by atoms with Gasteiger partial charge in [-0.2, -0.15) is 0 Å². The van der Waals surface area contributed by atoms with Gasteiger partial charge in [0.25, 0.3) is 0 Å². The Kier molecular flexibility index (Phi) is 3.31. The second-order valence-corrected chi connectivity index (χ2v) is 3.47. The Morgan fingerprint density at radius 1 is 1.12 bits per heavy atom. The van der Waals surface area contributed by atoms with Crippen molar-refractivity contribution in [1.82, 2.24) is 4.98 Å². The van der Waals surface area contributed by atoms with Crippen LogP contribution in [0, 0.1) is 0 Å². The highest BCUT2D eigenvalue weighted by Crippen LogP contribution is 2.17. The average molecular weight is 225 g/mol. The quantitative estimate of drug-likeness (QED) is 0.645. The van der Waals surface area contributed by atoms with Gasteiger partial charge in [-0.15, -0.1) is 0 Å². The molecule has 0 unspecified atom stereocenters. The molecule has 0 aliphatic rings. The van der Waals surface area contributed by atoms with Gasteiger partial charge in [0.05, 0.1) is 0 Å². The first-order valence-electron chi connectivity index (χ1n) is 5.19. The first kappa shape index (κ1) is 11.1. The van der Waals surface area contributed by atoms with Gasteiger partial charge in [-0.05, 0) is 30.4 Å². The van der Waals surface area contributed by atoms with E-state index < -0.39 is 0 Å². The Morgan fingerprint density at radius 2 is 1.88 bits per heavy atom. The number of pyridine rings is 1. The number of rotatable bonds is 3. The van der Waals surface area contributed by atoms with E-state index in [1.54, 1.807) is 54.7 Å². The third-order valence-electron chi connectivity index (χ3n) is 2.27. The maximum atomic E-state index is 11.7. The summed E-state index contributed by atoms with van der Waals surface area (Å²) in [5, 5.41) is 9.52. The topological polar surface area (TPSA) is 50.2 Å². The second kappa shape index (κ2) is 5.07. The van der Waals surface area contributed by atoms with E-state index in [1.165, 1.54) is 6.08 Å². The minimum absolute atomic E-state index is 0.151. The molecule has 0 aliphatic carbocycles. The van der Waals surface area contributed by atoms with Crippen molar-refractivity contribution in [3.05, 3.63) is 66.0 Å². The Labute approximate surface area is 99.1 Å². The van der Waals surface area contributed by atoms with Gasteiger partial charge in [-0.1, -0.05) is 24.3 Å². The molecule has 3 heteroatoms.